The summed E-state index contributed by atoms with van der Waals surface area (Å²) in [6, 6.07) is 4.33. The maximum Gasteiger partial charge on any atom is 0.0522 e. The number of nitrogens with one attached hydrogen (secondary N) is 1. The zero-order chi connectivity index (χ0) is 10.1. The van der Waals surface area contributed by atoms with Crippen molar-refractivity contribution in [2.75, 3.05) is 13.1 Å². The average molecular weight is 218 g/mol. The molecule has 0 aliphatic carbocycles. The summed E-state index contributed by atoms with van der Waals surface area (Å²) < 4.78 is 1.37. The summed E-state index contributed by atoms with van der Waals surface area (Å²) in [5.74, 6) is 0.657. The van der Waals surface area contributed by atoms with Crippen molar-refractivity contribution in [3.8, 4) is 0 Å². The molecule has 1 aliphatic rings. The monoisotopic (exact) mass is 218 g/mol. The maximum absolute atomic E-state index is 4.58. The third-order valence-corrected chi connectivity index (χ3v) is 4.02. The van der Waals surface area contributed by atoms with E-state index in [0.29, 0.717) is 5.92 Å². The molecule has 1 N–H and O–H groups in total. The first-order chi connectivity index (χ1) is 7.45. The number of nitrogens with zero attached hydrogens (tertiary/aromatic N) is 1. The highest BCUT2D eigenvalue weighted by Gasteiger charge is 2.18. The fraction of sp³-hybridized carbons (Fsp3) is 0.417. The Labute approximate surface area is 93.3 Å². The lowest BCUT2D eigenvalue weighted by Gasteiger charge is -2.22. The lowest BCUT2D eigenvalue weighted by atomic mass is 9.92. The molecule has 0 atom stereocenters. The molecular weight excluding hydrogens is 204 g/mol. The Hall–Kier alpha value is -0.930. The SMILES string of the molecule is c1cc2sccc2c(C2CCNCC2)n1. The molecule has 0 aromatic carbocycles. The van der Waals surface area contributed by atoms with Crippen molar-refractivity contribution in [2.45, 2.75) is 18.8 Å². The van der Waals surface area contributed by atoms with Gasteiger partial charge < -0.3 is 5.32 Å². The van der Waals surface area contributed by atoms with Gasteiger partial charge >= 0.3 is 0 Å². The molecule has 2 aromatic rings. The average Bonchev–Trinajstić information content (AvgIpc) is 2.78. The second-order valence-corrected chi connectivity index (χ2v) is 5.00. The smallest absolute Gasteiger partial charge is 0.0522 e. The van der Waals surface area contributed by atoms with Crippen LogP contribution in [0.3, 0.4) is 0 Å². The molecule has 2 aromatic heterocycles. The minimum absolute atomic E-state index is 0.657. The van der Waals surface area contributed by atoms with E-state index in [9.17, 15) is 0 Å². The van der Waals surface area contributed by atoms with Gasteiger partial charge in [-0.2, -0.15) is 0 Å². The van der Waals surface area contributed by atoms with Crippen molar-refractivity contribution in [2.24, 2.45) is 0 Å². The fourth-order valence-corrected chi connectivity index (χ4v) is 3.13. The van der Waals surface area contributed by atoms with Crippen molar-refractivity contribution in [1.29, 1.82) is 0 Å². The summed E-state index contributed by atoms with van der Waals surface area (Å²) in [6.45, 7) is 2.26. The molecule has 0 unspecified atom stereocenters. The first-order valence-corrected chi connectivity index (χ1v) is 6.36. The van der Waals surface area contributed by atoms with E-state index in [1.165, 1.54) is 28.6 Å². The Morgan fingerprint density at radius 3 is 3.00 bits per heavy atom. The van der Waals surface area contributed by atoms with Crippen molar-refractivity contribution in [1.82, 2.24) is 10.3 Å². The Balaban J connectivity index is 2.05. The summed E-state index contributed by atoms with van der Waals surface area (Å²) in [6.07, 6.45) is 4.40. The minimum atomic E-state index is 0.657. The van der Waals surface area contributed by atoms with E-state index < -0.39 is 0 Å². The molecule has 3 heteroatoms. The topological polar surface area (TPSA) is 24.9 Å². The van der Waals surface area contributed by atoms with E-state index >= 15 is 0 Å². The second-order valence-electron chi connectivity index (χ2n) is 4.05. The standard InChI is InChI=1S/C12H14N2S/c1-5-13-6-2-9(1)12-10-4-8-15-11(10)3-7-14-12/h3-4,7-9,13H,1-2,5-6H2. The number of hydrogen-bond donors (Lipinski definition) is 1. The molecule has 0 saturated carbocycles. The first kappa shape index (κ1) is 9.31. The van der Waals surface area contributed by atoms with Gasteiger partial charge in [0.2, 0.25) is 0 Å². The van der Waals surface area contributed by atoms with Crippen LogP contribution >= 0.6 is 11.3 Å². The highest BCUT2D eigenvalue weighted by atomic mass is 32.1. The Morgan fingerprint density at radius 2 is 2.13 bits per heavy atom. The number of rotatable bonds is 1. The lowest BCUT2D eigenvalue weighted by molar-refractivity contribution is 0.456. The molecule has 0 amide bonds. The van der Waals surface area contributed by atoms with Gasteiger partial charge in [-0.05, 0) is 43.4 Å². The number of hydrogen-bond acceptors (Lipinski definition) is 3. The number of thiophene rings is 1. The number of fused-ring (bicyclic) bond motifs is 1. The summed E-state index contributed by atoms with van der Waals surface area (Å²) in [5, 5.41) is 6.93. The highest BCUT2D eigenvalue weighted by molar-refractivity contribution is 7.17. The van der Waals surface area contributed by atoms with Gasteiger partial charge in [0.25, 0.3) is 0 Å². The van der Waals surface area contributed by atoms with Crippen LogP contribution in [0.5, 0.6) is 0 Å². The van der Waals surface area contributed by atoms with E-state index in [1.807, 2.05) is 17.5 Å². The van der Waals surface area contributed by atoms with Crippen LogP contribution in [0.1, 0.15) is 24.5 Å². The molecule has 1 fully saturated rings. The van der Waals surface area contributed by atoms with Gasteiger partial charge in [0, 0.05) is 22.2 Å². The second kappa shape index (κ2) is 3.91. The van der Waals surface area contributed by atoms with Crippen molar-refractivity contribution < 1.29 is 0 Å². The molecular formula is C12H14N2S. The number of pyridine rings is 1. The largest absolute Gasteiger partial charge is 0.317 e. The van der Waals surface area contributed by atoms with Crippen molar-refractivity contribution >= 4 is 21.4 Å². The quantitative estimate of drug-likeness (QED) is 0.796. The van der Waals surface area contributed by atoms with Crippen LogP contribution in [0.15, 0.2) is 23.7 Å². The minimum Gasteiger partial charge on any atom is -0.317 e. The summed E-state index contributed by atoms with van der Waals surface area (Å²) in [5.41, 5.74) is 1.32. The zero-order valence-corrected chi connectivity index (χ0v) is 9.39. The van der Waals surface area contributed by atoms with Crippen molar-refractivity contribution in [3.63, 3.8) is 0 Å². The van der Waals surface area contributed by atoms with Gasteiger partial charge in [0.15, 0.2) is 0 Å². The van der Waals surface area contributed by atoms with E-state index in [0.717, 1.165) is 13.1 Å². The van der Waals surface area contributed by atoms with Crippen LogP contribution in [0, 0.1) is 0 Å². The van der Waals surface area contributed by atoms with E-state index in [1.54, 1.807) is 0 Å². The Morgan fingerprint density at radius 1 is 1.27 bits per heavy atom. The normalized spacial score (nSPS) is 18.4. The van der Waals surface area contributed by atoms with Crippen LogP contribution in [-0.2, 0) is 0 Å². The van der Waals surface area contributed by atoms with Crippen LogP contribution in [0.25, 0.3) is 10.1 Å². The van der Waals surface area contributed by atoms with E-state index in [-0.39, 0.29) is 0 Å². The van der Waals surface area contributed by atoms with Crippen molar-refractivity contribution in [3.05, 3.63) is 29.4 Å². The van der Waals surface area contributed by atoms with Crippen LogP contribution in [0.2, 0.25) is 0 Å². The number of piperidine rings is 1. The highest BCUT2D eigenvalue weighted by Crippen LogP contribution is 2.31. The van der Waals surface area contributed by atoms with E-state index in [2.05, 4.69) is 27.8 Å². The predicted octanol–water partition coefficient (Wildman–Crippen LogP) is 2.76. The third-order valence-electron chi connectivity index (χ3n) is 3.14. The van der Waals surface area contributed by atoms with Gasteiger partial charge in [0.1, 0.15) is 0 Å². The first-order valence-electron chi connectivity index (χ1n) is 5.48. The molecule has 1 aliphatic heterocycles. The molecule has 0 radical (unpaired) electrons. The summed E-state index contributed by atoms with van der Waals surface area (Å²) in [7, 11) is 0. The molecule has 3 heterocycles. The van der Waals surface area contributed by atoms with Gasteiger partial charge in [-0.1, -0.05) is 0 Å². The zero-order valence-electron chi connectivity index (χ0n) is 8.57. The molecule has 0 spiro atoms. The van der Waals surface area contributed by atoms with Gasteiger partial charge in [-0.15, -0.1) is 11.3 Å². The Bertz CT molecular complexity index is 457. The maximum atomic E-state index is 4.58. The van der Waals surface area contributed by atoms with Crippen LogP contribution in [0.4, 0.5) is 0 Å². The van der Waals surface area contributed by atoms with Crippen LogP contribution < -0.4 is 5.32 Å². The van der Waals surface area contributed by atoms with Crippen LogP contribution in [-0.4, -0.2) is 18.1 Å². The van der Waals surface area contributed by atoms with Gasteiger partial charge in [0.05, 0.1) is 5.69 Å². The molecule has 2 nitrogen and oxygen atoms in total. The fourth-order valence-electron chi connectivity index (χ4n) is 2.34. The van der Waals surface area contributed by atoms with Gasteiger partial charge in [-0.3, -0.25) is 4.98 Å². The van der Waals surface area contributed by atoms with E-state index in [4.69, 9.17) is 0 Å². The molecule has 78 valence electrons. The predicted molar refractivity (Wildman–Crippen MR) is 64.5 cm³/mol. The molecule has 15 heavy (non-hydrogen) atoms. The molecule has 1 saturated heterocycles. The number of aromatic nitrogens is 1. The third kappa shape index (κ3) is 1.66. The summed E-state index contributed by atoms with van der Waals surface area (Å²) >= 11 is 1.81. The lowest BCUT2D eigenvalue weighted by Crippen LogP contribution is -2.27. The molecule has 3 rings (SSSR count). The molecule has 0 bridgehead atoms. The Kier molecular flexibility index (Phi) is 2.43. The van der Waals surface area contributed by atoms with Gasteiger partial charge in [-0.25, -0.2) is 0 Å². The summed E-state index contributed by atoms with van der Waals surface area (Å²) in [4.78, 5) is 4.58.